The van der Waals surface area contributed by atoms with Gasteiger partial charge in [-0.3, -0.25) is 4.79 Å². The fourth-order valence-corrected chi connectivity index (χ4v) is 4.81. The molecule has 162 valence electrons. The van der Waals surface area contributed by atoms with Crippen molar-refractivity contribution >= 4 is 28.1 Å². The Morgan fingerprint density at radius 2 is 2.16 bits per heavy atom. The Kier molecular flexibility index (Phi) is 4.72. The van der Waals surface area contributed by atoms with Crippen LogP contribution in [0, 0.1) is 5.82 Å². The molecule has 2 aromatic heterocycles. The fraction of sp³-hybridized carbons (Fsp3) is 0.391. The molecule has 1 aliphatic carbocycles. The average Bonchev–Trinajstić information content (AvgIpc) is 2.91. The molecule has 0 atom stereocenters. The molecule has 1 spiro atoms. The Bertz CT molecular complexity index is 1190. The molecule has 31 heavy (non-hydrogen) atoms. The molecular formula is C23H26FN5O2. The fourth-order valence-electron chi connectivity index (χ4n) is 4.81. The second kappa shape index (κ2) is 7.44. The largest absolute Gasteiger partial charge is 0.489 e. The van der Waals surface area contributed by atoms with Crippen molar-refractivity contribution in [2.75, 3.05) is 42.7 Å². The zero-order valence-corrected chi connectivity index (χ0v) is 17.5. The van der Waals surface area contributed by atoms with Crippen molar-refractivity contribution in [1.82, 2.24) is 9.55 Å². The quantitative estimate of drug-likeness (QED) is 0.613. The first-order chi connectivity index (χ1) is 15.0. The zero-order valence-electron chi connectivity index (χ0n) is 17.5. The number of anilines is 3. The van der Waals surface area contributed by atoms with Crippen LogP contribution >= 0.6 is 0 Å². The standard InChI is InChI=1S/C23H26FN5O2/c1-28(13-11-27-16-5-2-3-10-26-16)21-18(24)19(25)17-15(30)6-12-29-20(17)22(21)31-14-9-23(29)7-4-8-23/h2-3,5-6,10,12H,4,7-9,11,13-14,25H2,1H3,(H,26,27). The summed E-state index contributed by atoms with van der Waals surface area (Å²) in [5.41, 5.74) is 6.62. The van der Waals surface area contributed by atoms with Crippen molar-refractivity contribution in [2.24, 2.45) is 0 Å². The van der Waals surface area contributed by atoms with E-state index in [9.17, 15) is 4.79 Å². The molecular weight excluding hydrogens is 397 g/mol. The van der Waals surface area contributed by atoms with Crippen LogP contribution in [0.5, 0.6) is 5.75 Å². The lowest BCUT2D eigenvalue weighted by Gasteiger charge is -2.43. The molecule has 3 heterocycles. The number of likely N-dealkylation sites (N-methyl/N-ethyl adjacent to an activating group) is 1. The van der Waals surface area contributed by atoms with Crippen LogP contribution in [0.3, 0.4) is 0 Å². The van der Waals surface area contributed by atoms with E-state index in [-0.39, 0.29) is 22.0 Å². The molecule has 8 heteroatoms. The van der Waals surface area contributed by atoms with Gasteiger partial charge in [0, 0.05) is 50.6 Å². The van der Waals surface area contributed by atoms with Crippen LogP contribution in [0.1, 0.15) is 25.7 Å². The van der Waals surface area contributed by atoms with E-state index >= 15 is 4.39 Å². The normalized spacial score (nSPS) is 16.5. The minimum atomic E-state index is -0.609. The predicted molar refractivity (Wildman–Crippen MR) is 121 cm³/mol. The summed E-state index contributed by atoms with van der Waals surface area (Å²) in [6.45, 7) is 1.52. The third-order valence-electron chi connectivity index (χ3n) is 6.65. The van der Waals surface area contributed by atoms with E-state index in [1.165, 1.54) is 6.07 Å². The van der Waals surface area contributed by atoms with E-state index < -0.39 is 5.82 Å². The first-order valence-corrected chi connectivity index (χ1v) is 10.7. The van der Waals surface area contributed by atoms with Crippen LogP contribution in [-0.4, -0.2) is 36.3 Å². The number of fused-ring (bicyclic) bond motifs is 1. The van der Waals surface area contributed by atoms with Crippen LogP contribution in [0.15, 0.2) is 41.5 Å². The summed E-state index contributed by atoms with van der Waals surface area (Å²) >= 11 is 0. The summed E-state index contributed by atoms with van der Waals surface area (Å²) < 4.78 is 23.8. The molecule has 5 rings (SSSR count). The number of pyridine rings is 2. The van der Waals surface area contributed by atoms with Gasteiger partial charge in [-0.1, -0.05) is 6.07 Å². The molecule has 1 saturated carbocycles. The van der Waals surface area contributed by atoms with Gasteiger partial charge in [-0.25, -0.2) is 9.37 Å². The third kappa shape index (κ3) is 3.08. The van der Waals surface area contributed by atoms with Crippen molar-refractivity contribution in [2.45, 2.75) is 31.2 Å². The van der Waals surface area contributed by atoms with E-state index in [1.54, 1.807) is 18.1 Å². The first-order valence-electron chi connectivity index (χ1n) is 10.7. The van der Waals surface area contributed by atoms with Crippen molar-refractivity contribution in [3.63, 3.8) is 0 Å². The summed E-state index contributed by atoms with van der Waals surface area (Å²) in [7, 11) is 1.80. The van der Waals surface area contributed by atoms with Crippen molar-refractivity contribution < 1.29 is 9.13 Å². The Hall–Kier alpha value is -3.29. The Morgan fingerprint density at radius 3 is 2.87 bits per heavy atom. The zero-order chi connectivity index (χ0) is 21.6. The molecule has 2 aliphatic rings. The number of benzene rings is 1. The highest BCUT2D eigenvalue weighted by molar-refractivity contribution is 6.00. The van der Waals surface area contributed by atoms with Crippen LogP contribution in [0.25, 0.3) is 10.9 Å². The number of aromatic nitrogens is 2. The molecule has 0 radical (unpaired) electrons. The number of nitrogens with two attached hydrogens (primary N) is 1. The number of hydrogen-bond acceptors (Lipinski definition) is 6. The summed E-state index contributed by atoms with van der Waals surface area (Å²) in [6, 6.07) is 7.12. The first kappa shape index (κ1) is 19.7. The smallest absolute Gasteiger partial charge is 0.191 e. The molecule has 0 bridgehead atoms. The van der Waals surface area contributed by atoms with Gasteiger partial charge in [0.05, 0.1) is 23.2 Å². The van der Waals surface area contributed by atoms with Gasteiger partial charge in [0.2, 0.25) is 0 Å². The highest BCUT2D eigenvalue weighted by atomic mass is 19.1. The molecule has 1 aliphatic heterocycles. The molecule has 3 N–H and O–H groups in total. The Labute approximate surface area is 179 Å². The van der Waals surface area contributed by atoms with E-state index in [0.717, 1.165) is 31.5 Å². The maximum absolute atomic E-state index is 15.5. The lowest BCUT2D eigenvalue weighted by atomic mass is 9.74. The van der Waals surface area contributed by atoms with Gasteiger partial charge < -0.3 is 25.3 Å². The van der Waals surface area contributed by atoms with Gasteiger partial charge in [0.25, 0.3) is 0 Å². The van der Waals surface area contributed by atoms with Gasteiger partial charge >= 0.3 is 0 Å². The number of hydrogen-bond donors (Lipinski definition) is 2. The minimum absolute atomic E-state index is 0.0855. The van der Waals surface area contributed by atoms with Crippen molar-refractivity contribution in [3.8, 4) is 5.75 Å². The van der Waals surface area contributed by atoms with Gasteiger partial charge in [-0.15, -0.1) is 0 Å². The summed E-state index contributed by atoms with van der Waals surface area (Å²) in [6.07, 6.45) is 7.53. The molecule has 0 unspecified atom stereocenters. The Morgan fingerprint density at radius 1 is 1.32 bits per heavy atom. The highest BCUT2D eigenvalue weighted by Crippen LogP contribution is 2.50. The van der Waals surface area contributed by atoms with Gasteiger partial charge in [-0.2, -0.15) is 0 Å². The van der Waals surface area contributed by atoms with Crippen LogP contribution in [-0.2, 0) is 5.54 Å². The molecule has 0 amide bonds. The third-order valence-corrected chi connectivity index (χ3v) is 6.65. The summed E-state index contributed by atoms with van der Waals surface area (Å²) in [4.78, 5) is 18.7. The maximum atomic E-state index is 15.5. The number of ether oxygens (including phenoxy) is 1. The van der Waals surface area contributed by atoms with Crippen LogP contribution in [0.4, 0.5) is 21.6 Å². The number of rotatable bonds is 5. The lowest BCUT2D eigenvalue weighted by molar-refractivity contribution is 0.117. The highest BCUT2D eigenvalue weighted by Gasteiger charge is 2.42. The summed E-state index contributed by atoms with van der Waals surface area (Å²) in [5.74, 6) is 0.551. The maximum Gasteiger partial charge on any atom is 0.191 e. The topological polar surface area (TPSA) is 85.4 Å². The molecule has 7 nitrogen and oxygen atoms in total. The average molecular weight is 423 g/mol. The number of nitrogen functional groups attached to an aromatic ring is 1. The van der Waals surface area contributed by atoms with Crippen molar-refractivity contribution in [1.29, 1.82) is 0 Å². The van der Waals surface area contributed by atoms with Crippen LogP contribution < -0.4 is 26.1 Å². The van der Waals surface area contributed by atoms with Gasteiger partial charge in [0.15, 0.2) is 17.0 Å². The molecule has 1 fully saturated rings. The number of nitrogens with zero attached hydrogens (tertiary/aromatic N) is 3. The van der Waals surface area contributed by atoms with E-state index in [0.29, 0.717) is 36.6 Å². The SMILES string of the molecule is CN(CCNc1ccccn1)c1c(F)c(N)c2c(=O)ccn3c2c1OCCC31CCC1. The Balaban J connectivity index is 1.58. The second-order valence-electron chi connectivity index (χ2n) is 8.42. The second-order valence-corrected chi connectivity index (χ2v) is 8.42. The molecule has 1 aromatic carbocycles. The van der Waals surface area contributed by atoms with E-state index in [4.69, 9.17) is 10.5 Å². The van der Waals surface area contributed by atoms with Crippen molar-refractivity contribution in [3.05, 3.63) is 52.7 Å². The number of halogens is 1. The molecule has 3 aromatic rings. The molecule has 0 saturated heterocycles. The van der Waals surface area contributed by atoms with Crippen LogP contribution in [0.2, 0.25) is 0 Å². The predicted octanol–water partition coefficient (Wildman–Crippen LogP) is 3.33. The summed E-state index contributed by atoms with van der Waals surface area (Å²) in [5, 5.41) is 3.44. The van der Waals surface area contributed by atoms with E-state index in [1.807, 2.05) is 24.4 Å². The van der Waals surface area contributed by atoms with Gasteiger partial charge in [0.1, 0.15) is 11.5 Å². The van der Waals surface area contributed by atoms with E-state index in [2.05, 4.69) is 14.9 Å². The monoisotopic (exact) mass is 423 g/mol. The minimum Gasteiger partial charge on any atom is -0.489 e. The lowest BCUT2D eigenvalue weighted by Crippen LogP contribution is -2.41. The number of nitrogens with one attached hydrogen (secondary N) is 1. The van der Waals surface area contributed by atoms with Gasteiger partial charge in [-0.05, 0) is 31.4 Å².